The first-order chi connectivity index (χ1) is 5.20. The van der Waals surface area contributed by atoms with Crippen LogP contribution in [0.2, 0.25) is 0 Å². The minimum Gasteiger partial charge on any atom is -0.394 e. The summed E-state index contributed by atoms with van der Waals surface area (Å²) in [5.41, 5.74) is -4.28. The van der Waals surface area contributed by atoms with E-state index in [9.17, 15) is 13.3 Å². The van der Waals surface area contributed by atoms with Crippen molar-refractivity contribution in [3.05, 3.63) is 0 Å². The molecule has 0 aliphatic rings. The third kappa shape index (κ3) is 3.12. The molecule has 12 heavy (non-hydrogen) atoms. The summed E-state index contributed by atoms with van der Waals surface area (Å²) < 4.78 is 34.7. The highest BCUT2D eigenvalue weighted by Crippen LogP contribution is 2.55. The molecule has 74 valence electrons. The molecular weight excluding hydrogens is 197 g/mol. The predicted octanol–water partition coefficient (Wildman–Crippen LogP) is -0.500. The number of aliphatic hydroxyl groups excluding tert-OH is 2. The van der Waals surface area contributed by atoms with Crippen LogP contribution in [0.15, 0.2) is 0 Å². The molecule has 0 heterocycles. The van der Waals surface area contributed by atoms with Gasteiger partial charge in [-0.1, -0.05) is 0 Å². The lowest BCUT2D eigenvalue weighted by atomic mass is 10.3. The Balaban J connectivity index is 4.33. The van der Waals surface area contributed by atoms with Crippen molar-refractivity contribution >= 4 is 7.60 Å². The average Bonchev–Trinajstić information content (AvgIpc) is 1.84. The van der Waals surface area contributed by atoms with Crippen LogP contribution in [0.4, 0.5) is 8.78 Å². The molecular formula is C4H9F2O5P. The molecule has 5 nitrogen and oxygen atoms in total. The van der Waals surface area contributed by atoms with E-state index in [2.05, 4.69) is 0 Å². The Labute approximate surface area is 66.8 Å². The first kappa shape index (κ1) is 11.9. The molecule has 0 aromatic carbocycles. The molecule has 0 saturated heterocycles. The average molecular weight is 206 g/mol. The molecule has 0 aliphatic carbocycles. The van der Waals surface area contributed by atoms with Crippen molar-refractivity contribution in [2.24, 2.45) is 0 Å². The zero-order chi connectivity index (χ0) is 9.99. The summed E-state index contributed by atoms with van der Waals surface area (Å²) in [5, 5.41) is 16.6. The van der Waals surface area contributed by atoms with E-state index in [-0.39, 0.29) is 0 Å². The first-order valence-electron chi connectivity index (χ1n) is 2.93. The van der Waals surface area contributed by atoms with E-state index < -0.39 is 32.4 Å². The number of aliphatic hydroxyl groups is 2. The third-order valence-corrected chi connectivity index (χ3v) is 2.15. The van der Waals surface area contributed by atoms with E-state index in [0.29, 0.717) is 0 Å². The number of rotatable bonds is 4. The number of alkyl halides is 2. The Morgan fingerprint density at radius 2 is 1.83 bits per heavy atom. The van der Waals surface area contributed by atoms with E-state index >= 15 is 0 Å². The number of hydrogen-bond acceptors (Lipinski definition) is 3. The maximum absolute atomic E-state index is 12.3. The van der Waals surface area contributed by atoms with E-state index in [1.54, 1.807) is 0 Å². The van der Waals surface area contributed by atoms with Crippen molar-refractivity contribution in [1.82, 2.24) is 0 Å². The molecule has 4 N–H and O–H groups in total. The van der Waals surface area contributed by atoms with Gasteiger partial charge in [0, 0.05) is 0 Å². The monoisotopic (exact) mass is 206 g/mol. The number of halogens is 2. The molecule has 1 atom stereocenters. The molecule has 0 spiro atoms. The summed E-state index contributed by atoms with van der Waals surface area (Å²) >= 11 is 0. The van der Waals surface area contributed by atoms with Gasteiger partial charge in [-0.05, 0) is 0 Å². The Kier molecular flexibility index (Phi) is 3.74. The van der Waals surface area contributed by atoms with Gasteiger partial charge in [0.1, 0.15) is 0 Å². The van der Waals surface area contributed by atoms with Crippen molar-refractivity contribution in [2.75, 3.05) is 6.61 Å². The van der Waals surface area contributed by atoms with Gasteiger partial charge < -0.3 is 20.0 Å². The van der Waals surface area contributed by atoms with E-state index in [0.717, 1.165) is 0 Å². The minimum absolute atomic E-state index is 0.963. The highest BCUT2D eigenvalue weighted by molar-refractivity contribution is 7.53. The van der Waals surface area contributed by atoms with Gasteiger partial charge in [-0.15, -0.1) is 0 Å². The molecule has 0 saturated carbocycles. The summed E-state index contributed by atoms with van der Waals surface area (Å²) in [6.07, 6.45) is -3.28. The van der Waals surface area contributed by atoms with Crippen molar-refractivity contribution in [3.63, 3.8) is 0 Å². The van der Waals surface area contributed by atoms with Crippen LogP contribution in [0.1, 0.15) is 6.42 Å². The summed E-state index contributed by atoms with van der Waals surface area (Å²) in [6, 6.07) is 0. The van der Waals surface area contributed by atoms with Crippen LogP contribution in [-0.4, -0.2) is 38.4 Å². The van der Waals surface area contributed by atoms with E-state index in [4.69, 9.17) is 20.0 Å². The van der Waals surface area contributed by atoms with Crippen LogP contribution in [0, 0.1) is 0 Å². The fraction of sp³-hybridized carbons (Fsp3) is 1.00. The zero-order valence-corrected chi connectivity index (χ0v) is 6.79. The fourth-order valence-corrected chi connectivity index (χ4v) is 0.916. The summed E-state index contributed by atoms with van der Waals surface area (Å²) in [6.45, 7) is -0.963. The van der Waals surface area contributed by atoms with Crippen molar-refractivity contribution in [2.45, 2.75) is 18.2 Å². The van der Waals surface area contributed by atoms with Gasteiger partial charge in [0.05, 0.1) is 19.1 Å². The van der Waals surface area contributed by atoms with Crippen LogP contribution in [0.25, 0.3) is 0 Å². The fourth-order valence-electron chi connectivity index (χ4n) is 0.467. The van der Waals surface area contributed by atoms with Gasteiger partial charge in [-0.2, -0.15) is 8.78 Å². The highest BCUT2D eigenvalue weighted by Gasteiger charge is 2.49. The van der Waals surface area contributed by atoms with Gasteiger partial charge in [-0.25, -0.2) is 0 Å². The maximum Gasteiger partial charge on any atom is 0.394 e. The Bertz CT molecular complexity index is 190. The molecule has 0 bridgehead atoms. The Morgan fingerprint density at radius 3 is 2.08 bits per heavy atom. The van der Waals surface area contributed by atoms with Gasteiger partial charge in [0.25, 0.3) is 0 Å². The van der Waals surface area contributed by atoms with Gasteiger partial charge in [0.15, 0.2) is 0 Å². The minimum atomic E-state index is -5.54. The maximum atomic E-state index is 12.3. The predicted molar refractivity (Wildman–Crippen MR) is 34.7 cm³/mol. The lowest BCUT2D eigenvalue weighted by Crippen LogP contribution is -2.26. The molecule has 0 unspecified atom stereocenters. The molecule has 0 aliphatic heterocycles. The van der Waals surface area contributed by atoms with Crippen LogP contribution in [-0.2, 0) is 4.57 Å². The molecule has 0 aromatic heterocycles. The van der Waals surface area contributed by atoms with Crippen LogP contribution >= 0.6 is 7.60 Å². The zero-order valence-electron chi connectivity index (χ0n) is 5.89. The summed E-state index contributed by atoms with van der Waals surface area (Å²) in [5.74, 6) is 0. The SMILES string of the molecule is O=P(O)(O)C(F)(F)C[C@H](O)CO. The van der Waals surface area contributed by atoms with Gasteiger partial charge >= 0.3 is 13.3 Å². The lowest BCUT2D eigenvalue weighted by molar-refractivity contribution is -0.0131. The lowest BCUT2D eigenvalue weighted by Gasteiger charge is -2.19. The van der Waals surface area contributed by atoms with Gasteiger partial charge in [-0.3, -0.25) is 4.57 Å². The smallest absolute Gasteiger partial charge is 0.394 e. The Morgan fingerprint density at radius 1 is 1.42 bits per heavy atom. The van der Waals surface area contributed by atoms with Gasteiger partial charge in [0.2, 0.25) is 0 Å². The quantitative estimate of drug-likeness (QED) is 0.465. The second-order valence-electron chi connectivity index (χ2n) is 2.25. The van der Waals surface area contributed by atoms with Crippen LogP contribution in [0.3, 0.4) is 0 Å². The molecule has 0 amide bonds. The topological polar surface area (TPSA) is 98.0 Å². The van der Waals surface area contributed by atoms with Crippen molar-refractivity contribution in [3.8, 4) is 0 Å². The third-order valence-electron chi connectivity index (χ3n) is 1.12. The van der Waals surface area contributed by atoms with E-state index in [1.165, 1.54) is 0 Å². The second kappa shape index (κ2) is 3.76. The van der Waals surface area contributed by atoms with Crippen molar-refractivity contribution < 1.29 is 33.3 Å². The second-order valence-corrected chi connectivity index (χ2v) is 3.99. The number of hydrogen-bond donors (Lipinski definition) is 4. The normalized spacial score (nSPS) is 16.2. The molecule has 0 fully saturated rings. The molecule has 0 aromatic rings. The Hall–Kier alpha value is -0.0700. The van der Waals surface area contributed by atoms with Crippen LogP contribution in [0.5, 0.6) is 0 Å². The van der Waals surface area contributed by atoms with E-state index in [1.807, 2.05) is 0 Å². The standard InChI is InChI=1S/C4H9F2O5P/c5-4(6,12(9,10)11)1-3(8)2-7/h3,7-8H,1-2H2,(H2,9,10,11)/t3-/m0/s1. The van der Waals surface area contributed by atoms with Crippen LogP contribution < -0.4 is 0 Å². The molecule has 0 rings (SSSR count). The van der Waals surface area contributed by atoms with Crippen molar-refractivity contribution in [1.29, 1.82) is 0 Å². The summed E-state index contributed by atoms with van der Waals surface area (Å²) in [7, 11) is -5.54. The molecule has 8 heteroatoms. The highest BCUT2D eigenvalue weighted by atomic mass is 31.2. The first-order valence-corrected chi connectivity index (χ1v) is 4.54. The largest absolute Gasteiger partial charge is 0.394 e. The summed E-state index contributed by atoms with van der Waals surface area (Å²) in [4.78, 5) is 16.1. The molecule has 0 radical (unpaired) electrons.